The van der Waals surface area contributed by atoms with Gasteiger partial charge in [0.15, 0.2) is 0 Å². The molecule has 1 amide bonds. The molecule has 1 saturated carbocycles. The van der Waals surface area contributed by atoms with Crippen molar-refractivity contribution < 1.29 is 14.3 Å². The van der Waals surface area contributed by atoms with Crippen LogP contribution >= 0.6 is 0 Å². The molecule has 1 heterocycles. The minimum Gasteiger partial charge on any atom is -0.447 e. The number of aryl methyl sites for hydroxylation is 1. The molecule has 1 aromatic rings. The number of benzene rings is 1. The lowest BCUT2D eigenvalue weighted by Crippen LogP contribution is -2.40. The molecule has 1 N–H and O–H groups in total. The molecule has 3 aliphatic rings. The highest BCUT2D eigenvalue weighted by molar-refractivity contribution is 5.70. The Bertz CT molecular complexity index is 714. The minimum absolute atomic E-state index is 0.123. The first-order valence-electron chi connectivity index (χ1n) is 10.5. The highest BCUT2D eigenvalue weighted by atomic mass is 16.6. The summed E-state index contributed by atoms with van der Waals surface area (Å²) in [7, 11) is 0. The van der Waals surface area contributed by atoms with E-state index in [1.807, 2.05) is 0 Å². The number of hydrogen-bond acceptors (Lipinski definition) is 3. The lowest BCUT2D eigenvalue weighted by molar-refractivity contribution is 0.0641. The SMILES string of the molecule is CCC/C=C/CO[C@H]1CCc2cc(C3CCC4(COC(=O)N4)C3)ccc2C1. The van der Waals surface area contributed by atoms with Crippen molar-refractivity contribution in [3.05, 3.63) is 47.0 Å². The molecule has 1 saturated heterocycles. The number of carbonyl (C=O) groups excluding carboxylic acids is 1. The summed E-state index contributed by atoms with van der Waals surface area (Å²) in [4.78, 5) is 11.4. The fourth-order valence-electron chi connectivity index (χ4n) is 4.83. The summed E-state index contributed by atoms with van der Waals surface area (Å²) in [6.07, 6.45) is 13.2. The standard InChI is InChI=1S/C23H31NO3/c1-2-3-4-5-12-26-21-9-8-17-13-18(6-7-19(17)14-21)20-10-11-23(15-20)16-27-22(25)24-23/h4-7,13,20-21H,2-3,8-12,14-16H2,1H3,(H,24,25)/b5-4+/t20?,21-,23?/m0/s1. The Morgan fingerprint density at radius 2 is 2.22 bits per heavy atom. The summed E-state index contributed by atoms with van der Waals surface area (Å²) in [5, 5.41) is 3.05. The zero-order valence-electron chi connectivity index (χ0n) is 16.3. The van der Waals surface area contributed by atoms with Crippen molar-refractivity contribution in [2.45, 2.75) is 75.9 Å². The van der Waals surface area contributed by atoms with Gasteiger partial charge in [0, 0.05) is 0 Å². The van der Waals surface area contributed by atoms with Crippen molar-refractivity contribution in [1.29, 1.82) is 0 Å². The monoisotopic (exact) mass is 369 g/mol. The summed E-state index contributed by atoms with van der Waals surface area (Å²) < 4.78 is 11.2. The zero-order valence-corrected chi connectivity index (χ0v) is 16.3. The predicted molar refractivity (Wildman–Crippen MR) is 106 cm³/mol. The van der Waals surface area contributed by atoms with Crippen LogP contribution < -0.4 is 5.32 Å². The van der Waals surface area contributed by atoms with Gasteiger partial charge in [-0.1, -0.05) is 43.7 Å². The number of allylic oxidation sites excluding steroid dienone is 1. The topological polar surface area (TPSA) is 47.6 Å². The summed E-state index contributed by atoms with van der Waals surface area (Å²) in [5.74, 6) is 0.523. The maximum atomic E-state index is 11.4. The van der Waals surface area contributed by atoms with Crippen LogP contribution in [0.5, 0.6) is 0 Å². The second kappa shape index (κ2) is 8.05. The molecule has 0 radical (unpaired) electrons. The molecule has 1 spiro atoms. The van der Waals surface area contributed by atoms with Crippen LogP contribution in [-0.4, -0.2) is 30.9 Å². The maximum absolute atomic E-state index is 11.4. The number of nitrogens with one attached hydrogen (secondary N) is 1. The molecule has 4 nitrogen and oxygen atoms in total. The molecule has 0 aromatic heterocycles. The highest BCUT2D eigenvalue weighted by Gasteiger charge is 2.46. The highest BCUT2D eigenvalue weighted by Crippen LogP contribution is 2.43. The first-order chi connectivity index (χ1) is 13.2. The van der Waals surface area contributed by atoms with Crippen LogP contribution in [0.2, 0.25) is 0 Å². The van der Waals surface area contributed by atoms with Crippen molar-refractivity contribution in [2.75, 3.05) is 13.2 Å². The lowest BCUT2D eigenvalue weighted by atomic mass is 9.85. The maximum Gasteiger partial charge on any atom is 0.407 e. The van der Waals surface area contributed by atoms with Gasteiger partial charge in [0.2, 0.25) is 0 Å². The molecule has 27 heavy (non-hydrogen) atoms. The Hall–Kier alpha value is -1.81. The Morgan fingerprint density at radius 1 is 1.30 bits per heavy atom. The Morgan fingerprint density at radius 3 is 3.04 bits per heavy atom. The molecular formula is C23H31NO3. The van der Waals surface area contributed by atoms with Crippen LogP contribution in [0.3, 0.4) is 0 Å². The van der Waals surface area contributed by atoms with Crippen LogP contribution in [0.1, 0.15) is 68.1 Å². The number of unbranched alkanes of at least 4 members (excludes halogenated alkanes) is 1. The average molecular weight is 370 g/mol. The molecule has 1 aliphatic heterocycles. The summed E-state index contributed by atoms with van der Waals surface area (Å²) >= 11 is 0. The molecule has 2 fully saturated rings. The molecular weight excluding hydrogens is 338 g/mol. The average Bonchev–Trinajstić information content (AvgIpc) is 3.27. The van der Waals surface area contributed by atoms with Gasteiger partial charge in [0.25, 0.3) is 0 Å². The summed E-state index contributed by atoms with van der Waals surface area (Å²) in [6.45, 7) is 3.45. The third-order valence-corrected chi connectivity index (χ3v) is 6.39. The number of amides is 1. The van der Waals surface area contributed by atoms with Crippen molar-refractivity contribution >= 4 is 6.09 Å². The molecule has 4 rings (SSSR count). The van der Waals surface area contributed by atoms with Gasteiger partial charge in [-0.3, -0.25) is 0 Å². The smallest absolute Gasteiger partial charge is 0.407 e. The molecule has 2 unspecified atom stereocenters. The quantitative estimate of drug-likeness (QED) is 0.742. The van der Waals surface area contributed by atoms with E-state index >= 15 is 0 Å². The van der Waals surface area contributed by atoms with Crippen molar-refractivity contribution in [3.8, 4) is 0 Å². The van der Waals surface area contributed by atoms with Gasteiger partial charge in [0.1, 0.15) is 6.61 Å². The molecule has 2 aliphatic carbocycles. The van der Waals surface area contributed by atoms with Crippen molar-refractivity contribution in [1.82, 2.24) is 5.32 Å². The number of rotatable bonds is 6. The van der Waals surface area contributed by atoms with Gasteiger partial charge in [0.05, 0.1) is 18.2 Å². The third-order valence-electron chi connectivity index (χ3n) is 6.39. The van der Waals surface area contributed by atoms with Gasteiger partial charge in [-0.25, -0.2) is 4.79 Å². The Balaban J connectivity index is 1.34. The first-order valence-corrected chi connectivity index (χ1v) is 10.5. The minimum atomic E-state index is -0.253. The van der Waals surface area contributed by atoms with Crippen LogP contribution in [0.4, 0.5) is 4.79 Å². The fourth-order valence-corrected chi connectivity index (χ4v) is 4.83. The predicted octanol–water partition coefficient (Wildman–Crippen LogP) is 4.66. The Labute approximate surface area is 162 Å². The van der Waals surface area contributed by atoms with E-state index < -0.39 is 0 Å². The van der Waals surface area contributed by atoms with Crippen LogP contribution in [0.25, 0.3) is 0 Å². The molecule has 1 aromatic carbocycles. The summed E-state index contributed by atoms with van der Waals surface area (Å²) in [5.41, 5.74) is 4.23. The number of hydrogen-bond donors (Lipinski definition) is 1. The molecule has 4 heteroatoms. The van der Waals surface area contributed by atoms with E-state index in [9.17, 15) is 4.79 Å². The largest absolute Gasteiger partial charge is 0.447 e. The van der Waals surface area contributed by atoms with Gasteiger partial charge >= 0.3 is 6.09 Å². The van der Waals surface area contributed by atoms with Crippen molar-refractivity contribution in [2.24, 2.45) is 0 Å². The van der Waals surface area contributed by atoms with E-state index in [-0.39, 0.29) is 11.6 Å². The van der Waals surface area contributed by atoms with E-state index in [2.05, 4.69) is 42.6 Å². The summed E-state index contributed by atoms with van der Waals surface area (Å²) in [6, 6.07) is 7.01. The zero-order chi connectivity index (χ0) is 18.7. The van der Waals surface area contributed by atoms with Crippen LogP contribution in [0, 0.1) is 0 Å². The number of fused-ring (bicyclic) bond motifs is 1. The van der Waals surface area contributed by atoms with E-state index in [1.165, 1.54) is 23.1 Å². The van der Waals surface area contributed by atoms with E-state index in [0.717, 1.165) is 51.6 Å². The normalized spacial score (nSPS) is 29.9. The number of cyclic esters (lactones) is 1. The fraction of sp³-hybridized carbons (Fsp3) is 0.609. The number of alkyl carbamates (subject to hydrolysis) is 1. The van der Waals surface area contributed by atoms with E-state index in [4.69, 9.17) is 9.47 Å². The second-order valence-electron chi connectivity index (χ2n) is 8.41. The molecule has 146 valence electrons. The first kappa shape index (κ1) is 18.5. The van der Waals surface area contributed by atoms with Gasteiger partial charge in [-0.05, 0) is 67.6 Å². The number of ether oxygens (including phenoxy) is 2. The third kappa shape index (κ3) is 4.21. The second-order valence-corrected chi connectivity index (χ2v) is 8.41. The molecule has 3 atom stereocenters. The molecule has 0 bridgehead atoms. The van der Waals surface area contributed by atoms with Gasteiger partial charge < -0.3 is 14.8 Å². The van der Waals surface area contributed by atoms with E-state index in [0.29, 0.717) is 18.6 Å². The van der Waals surface area contributed by atoms with Gasteiger partial charge in [-0.2, -0.15) is 0 Å². The lowest BCUT2D eigenvalue weighted by Gasteiger charge is -2.26. The van der Waals surface area contributed by atoms with Crippen LogP contribution in [-0.2, 0) is 22.3 Å². The van der Waals surface area contributed by atoms with Gasteiger partial charge in [-0.15, -0.1) is 0 Å². The van der Waals surface area contributed by atoms with Crippen molar-refractivity contribution in [3.63, 3.8) is 0 Å². The number of carbonyl (C=O) groups is 1. The van der Waals surface area contributed by atoms with E-state index in [1.54, 1.807) is 0 Å². The Kier molecular flexibility index (Phi) is 5.53. The van der Waals surface area contributed by atoms with Crippen LogP contribution in [0.15, 0.2) is 30.4 Å².